The first-order chi connectivity index (χ1) is 8.16. The zero-order valence-corrected chi connectivity index (χ0v) is 9.83. The molecule has 0 aliphatic carbocycles. The molecule has 3 nitrogen and oxygen atoms in total. The molecule has 0 spiro atoms. The van der Waals surface area contributed by atoms with Gasteiger partial charge >= 0.3 is 0 Å². The van der Waals surface area contributed by atoms with Crippen molar-refractivity contribution in [3.63, 3.8) is 0 Å². The highest BCUT2D eigenvalue weighted by molar-refractivity contribution is 5.96. The third kappa shape index (κ3) is 3.11. The molecule has 1 aromatic carbocycles. The Hall–Kier alpha value is -1.26. The molecule has 0 aromatic heterocycles. The van der Waals surface area contributed by atoms with E-state index in [1.165, 1.54) is 6.07 Å². The maximum atomic E-state index is 13.3. The van der Waals surface area contributed by atoms with Crippen molar-refractivity contribution >= 4 is 5.78 Å². The van der Waals surface area contributed by atoms with E-state index in [0.717, 1.165) is 6.54 Å². The van der Waals surface area contributed by atoms with E-state index in [1.54, 1.807) is 19.1 Å². The zero-order valence-electron chi connectivity index (χ0n) is 9.83. The highest BCUT2D eigenvalue weighted by Crippen LogP contribution is 2.12. The lowest BCUT2D eigenvalue weighted by molar-refractivity contribution is 0.0676. The Kier molecular flexibility index (Phi) is 3.86. The van der Waals surface area contributed by atoms with E-state index < -0.39 is 0 Å². The number of nitrogens with one attached hydrogen (secondary N) is 1. The molecule has 1 fully saturated rings. The minimum absolute atomic E-state index is 0.0422. The average molecular weight is 237 g/mol. The highest BCUT2D eigenvalue weighted by Gasteiger charge is 2.18. The van der Waals surface area contributed by atoms with E-state index in [-0.39, 0.29) is 17.6 Å². The third-order valence-electron chi connectivity index (χ3n) is 2.92. The number of Topliss-reactive ketones (excluding diaryl/α,β-unsaturated/α-hetero) is 1. The van der Waals surface area contributed by atoms with Crippen LogP contribution in [-0.2, 0) is 4.74 Å². The predicted octanol–water partition coefficient (Wildman–Crippen LogP) is 1.70. The van der Waals surface area contributed by atoms with E-state index in [0.29, 0.717) is 30.8 Å². The van der Waals surface area contributed by atoms with Gasteiger partial charge in [0.15, 0.2) is 5.78 Å². The maximum absolute atomic E-state index is 13.3. The first-order valence-electron chi connectivity index (χ1n) is 5.77. The van der Waals surface area contributed by atoms with Crippen molar-refractivity contribution in [3.8, 4) is 0 Å². The van der Waals surface area contributed by atoms with Gasteiger partial charge in [-0.05, 0) is 18.6 Å². The summed E-state index contributed by atoms with van der Waals surface area (Å²) in [6, 6.07) is 4.65. The molecule has 17 heavy (non-hydrogen) atoms. The summed E-state index contributed by atoms with van der Waals surface area (Å²) < 4.78 is 18.6. The molecule has 1 unspecified atom stereocenters. The lowest BCUT2D eigenvalue weighted by Gasteiger charge is -2.23. The SMILES string of the molecule is Cc1ccc(C(=O)CC2COCCN2)cc1F. The van der Waals surface area contributed by atoms with Gasteiger partial charge in [0, 0.05) is 24.6 Å². The number of aryl methyl sites for hydroxylation is 1. The van der Waals surface area contributed by atoms with Gasteiger partial charge in [-0.2, -0.15) is 0 Å². The lowest BCUT2D eigenvalue weighted by atomic mass is 10.0. The Labute approximate surface area is 100.0 Å². The number of morpholine rings is 1. The molecule has 1 heterocycles. The van der Waals surface area contributed by atoms with E-state index in [1.807, 2.05) is 0 Å². The van der Waals surface area contributed by atoms with Crippen molar-refractivity contribution in [2.24, 2.45) is 0 Å². The largest absolute Gasteiger partial charge is 0.378 e. The van der Waals surface area contributed by atoms with Crippen LogP contribution in [-0.4, -0.2) is 31.6 Å². The van der Waals surface area contributed by atoms with Crippen molar-refractivity contribution in [3.05, 3.63) is 35.1 Å². The van der Waals surface area contributed by atoms with Crippen LogP contribution < -0.4 is 5.32 Å². The second-order valence-corrected chi connectivity index (χ2v) is 4.32. The Morgan fingerprint density at radius 3 is 3.06 bits per heavy atom. The normalized spacial score (nSPS) is 20.2. The number of carbonyl (C=O) groups is 1. The molecule has 1 atom stereocenters. The number of hydrogen-bond acceptors (Lipinski definition) is 3. The van der Waals surface area contributed by atoms with Gasteiger partial charge < -0.3 is 10.1 Å². The van der Waals surface area contributed by atoms with Gasteiger partial charge in [-0.3, -0.25) is 4.79 Å². The van der Waals surface area contributed by atoms with E-state index in [9.17, 15) is 9.18 Å². The van der Waals surface area contributed by atoms with Crippen LogP contribution in [0.25, 0.3) is 0 Å². The van der Waals surface area contributed by atoms with Crippen molar-refractivity contribution in [1.29, 1.82) is 0 Å². The second-order valence-electron chi connectivity index (χ2n) is 4.32. The van der Waals surface area contributed by atoms with Crippen molar-refractivity contribution in [2.75, 3.05) is 19.8 Å². The number of ketones is 1. The molecule has 0 saturated carbocycles. The summed E-state index contributed by atoms with van der Waals surface area (Å²) in [5.74, 6) is -0.379. The zero-order chi connectivity index (χ0) is 12.3. The van der Waals surface area contributed by atoms with E-state index in [2.05, 4.69) is 5.32 Å². The van der Waals surface area contributed by atoms with Crippen molar-refractivity contribution in [2.45, 2.75) is 19.4 Å². The molecule has 0 radical (unpaired) electrons. The molecule has 1 aliphatic rings. The van der Waals surface area contributed by atoms with Crippen molar-refractivity contribution < 1.29 is 13.9 Å². The first-order valence-corrected chi connectivity index (χ1v) is 5.77. The summed E-state index contributed by atoms with van der Waals surface area (Å²) in [6.45, 7) is 3.67. The molecule has 0 bridgehead atoms. The number of benzene rings is 1. The fourth-order valence-electron chi connectivity index (χ4n) is 1.86. The number of halogens is 1. The van der Waals surface area contributed by atoms with Gasteiger partial charge in [-0.25, -0.2) is 4.39 Å². The predicted molar refractivity (Wildman–Crippen MR) is 62.7 cm³/mol. The second kappa shape index (κ2) is 5.38. The molecule has 1 N–H and O–H groups in total. The Balaban J connectivity index is 2.01. The number of rotatable bonds is 3. The third-order valence-corrected chi connectivity index (χ3v) is 2.92. The summed E-state index contributed by atoms with van der Waals surface area (Å²) in [5.41, 5.74) is 0.987. The summed E-state index contributed by atoms with van der Waals surface area (Å²) in [7, 11) is 0. The number of carbonyl (C=O) groups excluding carboxylic acids is 1. The van der Waals surface area contributed by atoms with Gasteiger partial charge in [-0.15, -0.1) is 0 Å². The topological polar surface area (TPSA) is 38.3 Å². The van der Waals surface area contributed by atoms with Crippen LogP contribution in [0.1, 0.15) is 22.3 Å². The van der Waals surface area contributed by atoms with E-state index in [4.69, 9.17) is 4.74 Å². The molecular formula is C13H16FNO2. The molecular weight excluding hydrogens is 221 g/mol. The Morgan fingerprint density at radius 1 is 1.59 bits per heavy atom. The summed E-state index contributed by atoms with van der Waals surface area (Å²) in [6.07, 6.45) is 0.350. The number of ether oxygens (including phenoxy) is 1. The van der Waals surface area contributed by atoms with Crippen LogP contribution in [0.3, 0.4) is 0 Å². The summed E-state index contributed by atoms with van der Waals surface area (Å²) in [4.78, 5) is 11.9. The molecule has 1 aromatic rings. The van der Waals surface area contributed by atoms with E-state index >= 15 is 0 Å². The highest BCUT2D eigenvalue weighted by atomic mass is 19.1. The van der Waals surface area contributed by atoms with Crippen LogP contribution in [0.5, 0.6) is 0 Å². The molecule has 1 aliphatic heterocycles. The molecule has 1 saturated heterocycles. The minimum atomic E-state index is -0.330. The summed E-state index contributed by atoms with van der Waals surface area (Å²) in [5, 5.41) is 3.21. The van der Waals surface area contributed by atoms with Crippen LogP contribution in [0, 0.1) is 12.7 Å². The smallest absolute Gasteiger partial charge is 0.164 e. The minimum Gasteiger partial charge on any atom is -0.378 e. The quantitative estimate of drug-likeness (QED) is 0.813. The van der Waals surface area contributed by atoms with Crippen molar-refractivity contribution in [1.82, 2.24) is 5.32 Å². The fraction of sp³-hybridized carbons (Fsp3) is 0.462. The van der Waals surface area contributed by atoms with Crippen LogP contribution in [0.2, 0.25) is 0 Å². The molecule has 4 heteroatoms. The maximum Gasteiger partial charge on any atom is 0.164 e. The van der Waals surface area contributed by atoms with Gasteiger partial charge in [0.1, 0.15) is 5.82 Å². The first kappa shape index (κ1) is 12.2. The van der Waals surface area contributed by atoms with Gasteiger partial charge in [0.2, 0.25) is 0 Å². The standard InChI is InChI=1S/C13H16FNO2/c1-9-2-3-10(6-12(9)14)13(16)7-11-8-17-5-4-15-11/h2-3,6,11,15H,4-5,7-8H2,1H3. The van der Waals surface area contributed by atoms with Crippen LogP contribution >= 0.6 is 0 Å². The summed E-state index contributed by atoms with van der Waals surface area (Å²) >= 11 is 0. The van der Waals surface area contributed by atoms with Gasteiger partial charge in [0.25, 0.3) is 0 Å². The van der Waals surface area contributed by atoms with Gasteiger partial charge in [0.05, 0.1) is 13.2 Å². The van der Waals surface area contributed by atoms with Crippen LogP contribution in [0.15, 0.2) is 18.2 Å². The fourth-order valence-corrected chi connectivity index (χ4v) is 1.86. The molecule has 2 rings (SSSR count). The number of hydrogen-bond donors (Lipinski definition) is 1. The Morgan fingerprint density at radius 2 is 2.41 bits per heavy atom. The molecule has 0 amide bonds. The van der Waals surface area contributed by atoms with Gasteiger partial charge in [-0.1, -0.05) is 12.1 Å². The molecule has 92 valence electrons. The monoisotopic (exact) mass is 237 g/mol. The van der Waals surface area contributed by atoms with Crippen LogP contribution in [0.4, 0.5) is 4.39 Å². The Bertz CT molecular complexity index is 414. The average Bonchev–Trinajstić information content (AvgIpc) is 2.34. The lowest BCUT2D eigenvalue weighted by Crippen LogP contribution is -2.42.